The molecule has 0 aliphatic carbocycles. The molecule has 6 heteroatoms. The van der Waals surface area contributed by atoms with Gasteiger partial charge in [0.05, 0.1) is 13.0 Å². The Bertz CT molecular complexity index is 782. The number of ether oxygens (including phenoxy) is 1. The van der Waals surface area contributed by atoms with Gasteiger partial charge in [0, 0.05) is 36.8 Å². The van der Waals surface area contributed by atoms with Gasteiger partial charge in [0.2, 0.25) is 5.91 Å². The highest BCUT2D eigenvalue weighted by Gasteiger charge is 2.24. The third-order valence-electron chi connectivity index (χ3n) is 4.60. The van der Waals surface area contributed by atoms with Crippen LogP contribution >= 0.6 is 11.6 Å². The van der Waals surface area contributed by atoms with Gasteiger partial charge < -0.3 is 14.5 Å². The first-order valence-electron chi connectivity index (χ1n) is 9.11. The zero-order chi connectivity index (χ0) is 19.2. The molecule has 1 saturated heterocycles. The Balaban J connectivity index is 1.51. The molecular formula is C21H23ClN2O3. The highest BCUT2D eigenvalue weighted by Crippen LogP contribution is 2.15. The van der Waals surface area contributed by atoms with Crippen molar-refractivity contribution in [2.24, 2.45) is 0 Å². The molecule has 142 valence electrons. The van der Waals surface area contributed by atoms with E-state index in [2.05, 4.69) is 0 Å². The van der Waals surface area contributed by atoms with E-state index in [4.69, 9.17) is 16.3 Å². The molecule has 2 aromatic carbocycles. The van der Waals surface area contributed by atoms with E-state index < -0.39 is 0 Å². The molecule has 0 aromatic heterocycles. The molecule has 0 atom stereocenters. The maximum atomic E-state index is 12.5. The molecule has 2 amide bonds. The lowest BCUT2D eigenvalue weighted by Gasteiger charge is -2.35. The van der Waals surface area contributed by atoms with Crippen LogP contribution in [0.3, 0.4) is 0 Å². The molecule has 1 heterocycles. The molecule has 5 nitrogen and oxygen atoms in total. The Morgan fingerprint density at radius 3 is 2.11 bits per heavy atom. The molecule has 27 heavy (non-hydrogen) atoms. The van der Waals surface area contributed by atoms with Gasteiger partial charge in [0.15, 0.2) is 0 Å². The van der Waals surface area contributed by atoms with E-state index in [1.807, 2.05) is 36.1 Å². The Hall–Kier alpha value is -2.53. The lowest BCUT2D eigenvalue weighted by atomic mass is 10.1. The number of carbonyl (C=O) groups is 2. The van der Waals surface area contributed by atoms with Crippen molar-refractivity contribution in [3.8, 4) is 5.75 Å². The van der Waals surface area contributed by atoms with Crippen LogP contribution in [0.2, 0.25) is 5.02 Å². The van der Waals surface area contributed by atoms with Crippen molar-refractivity contribution in [1.82, 2.24) is 9.80 Å². The summed E-state index contributed by atoms with van der Waals surface area (Å²) in [4.78, 5) is 28.7. The van der Waals surface area contributed by atoms with Crippen molar-refractivity contribution in [3.05, 3.63) is 64.7 Å². The summed E-state index contributed by atoms with van der Waals surface area (Å²) in [5, 5.41) is 0.608. The largest absolute Gasteiger partial charge is 0.494 e. The van der Waals surface area contributed by atoms with Crippen molar-refractivity contribution >= 4 is 23.4 Å². The minimum absolute atomic E-state index is 0.0229. The summed E-state index contributed by atoms with van der Waals surface area (Å²) in [5.74, 6) is 0.867. The van der Waals surface area contributed by atoms with Crippen molar-refractivity contribution < 1.29 is 14.3 Å². The second kappa shape index (κ2) is 8.91. The summed E-state index contributed by atoms with van der Waals surface area (Å²) in [6.45, 7) is 4.74. The lowest BCUT2D eigenvalue weighted by Crippen LogP contribution is -2.51. The Morgan fingerprint density at radius 1 is 0.926 bits per heavy atom. The molecule has 0 spiro atoms. The van der Waals surface area contributed by atoms with Crippen LogP contribution < -0.4 is 4.74 Å². The maximum Gasteiger partial charge on any atom is 0.253 e. The van der Waals surface area contributed by atoms with Gasteiger partial charge in [0.25, 0.3) is 5.91 Å². The molecule has 2 aromatic rings. The molecule has 1 aliphatic rings. The average Bonchev–Trinajstić information content (AvgIpc) is 2.70. The van der Waals surface area contributed by atoms with E-state index in [1.54, 1.807) is 29.2 Å². The molecule has 0 unspecified atom stereocenters. The fraction of sp³-hybridized carbons (Fsp3) is 0.333. The predicted molar refractivity (Wildman–Crippen MR) is 105 cm³/mol. The minimum atomic E-state index is -0.0229. The fourth-order valence-corrected chi connectivity index (χ4v) is 3.22. The molecule has 0 saturated carbocycles. The summed E-state index contributed by atoms with van der Waals surface area (Å²) < 4.78 is 5.42. The van der Waals surface area contributed by atoms with Gasteiger partial charge in [-0.05, 0) is 48.9 Å². The van der Waals surface area contributed by atoms with Gasteiger partial charge in [0.1, 0.15) is 5.75 Å². The molecule has 3 rings (SSSR count). The van der Waals surface area contributed by atoms with Crippen LogP contribution in [0.4, 0.5) is 0 Å². The van der Waals surface area contributed by atoms with Crippen LogP contribution in [0.5, 0.6) is 5.75 Å². The number of nitrogens with zero attached hydrogens (tertiary/aromatic N) is 2. The summed E-state index contributed by atoms with van der Waals surface area (Å²) in [5.41, 5.74) is 1.58. The Kier molecular flexibility index (Phi) is 6.35. The molecule has 0 N–H and O–H groups in total. The van der Waals surface area contributed by atoms with E-state index in [-0.39, 0.29) is 11.8 Å². The normalized spacial score (nSPS) is 14.1. The monoisotopic (exact) mass is 386 g/mol. The lowest BCUT2D eigenvalue weighted by molar-refractivity contribution is -0.131. The SMILES string of the molecule is CCOc1ccc(CC(=O)N2CCN(C(=O)c3ccc(Cl)cc3)CC2)cc1. The second-order valence-electron chi connectivity index (χ2n) is 6.43. The van der Waals surface area contributed by atoms with Crippen molar-refractivity contribution in [2.75, 3.05) is 32.8 Å². The zero-order valence-electron chi connectivity index (χ0n) is 15.4. The van der Waals surface area contributed by atoms with Gasteiger partial charge in [-0.15, -0.1) is 0 Å². The summed E-state index contributed by atoms with van der Waals surface area (Å²) in [6, 6.07) is 14.5. The smallest absolute Gasteiger partial charge is 0.253 e. The molecular weight excluding hydrogens is 364 g/mol. The third kappa shape index (κ3) is 5.01. The summed E-state index contributed by atoms with van der Waals surface area (Å²) in [6.07, 6.45) is 0.359. The second-order valence-corrected chi connectivity index (χ2v) is 6.87. The van der Waals surface area contributed by atoms with Gasteiger partial charge in [-0.1, -0.05) is 23.7 Å². The third-order valence-corrected chi connectivity index (χ3v) is 4.85. The first-order chi connectivity index (χ1) is 13.1. The number of rotatable bonds is 5. The van der Waals surface area contributed by atoms with Crippen molar-refractivity contribution in [1.29, 1.82) is 0 Å². The topological polar surface area (TPSA) is 49.9 Å². The molecule has 1 fully saturated rings. The standard InChI is InChI=1S/C21H23ClN2O3/c1-2-27-19-9-3-16(4-10-19)15-20(25)23-11-13-24(14-12-23)21(26)17-5-7-18(22)8-6-17/h3-10H,2,11-15H2,1H3. The zero-order valence-corrected chi connectivity index (χ0v) is 16.1. The van der Waals surface area contributed by atoms with Gasteiger partial charge in [-0.25, -0.2) is 0 Å². The number of hydrogen-bond donors (Lipinski definition) is 0. The van der Waals surface area contributed by atoms with E-state index in [9.17, 15) is 9.59 Å². The number of carbonyl (C=O) groups excluding carboxylic acids is 2. The van der Waals surface area contributed by atoms with Crippen LogP contribution in [0.1, 0.15) is 22.8 Å². The van der Waals surface area contributed by atoms with E-state index in [1.165, 1.54) is 0 Å². The van der Waals surface area contributed by atoms with Crippen LogP contribution in [-0.4, -0.2) is 54.4 Å². The number of piperazine rings is 1. The van der Waals surface area contributed by atoms with Gasteiger partial charge in [-0.3, -0.25) is 9.59 Å². The quantitative estimate of drug-likeness (QED) is 0.792. The fourth-order valence-electron chi connectivity index (χ4n) is 3.09. The highest BCUT2D eigenvalue weighted by atomic mass is 35.5. The molecule has 0 radical (unpaired) electrons. The Labute approximate surface area is 164 Å². The predicted octanol–water partition coefficient (Wildman–Crippen LogP) is 3.27. The van der Waals surface area contributed by atoms with Gasteiger partial charge >= 0.3 is 0 Å². The summed E-state index contributed by atoms with van der Waals surface area (Å²) >= 11 is 5.87. The van der Waals surface area contributed by atoms with Gasteiger partial charge in [-0.2, -0.15) is 0 Å². The number of amides is 2. The van der Waals surface area contributed by atoms with Crippen LogP contribution in [-0.2, 0) is 11.2 Å². The van der Waals surface area contributed by atoms with Crippen LogP contribution in [0, 0.1) is 0 Å². The summed E-state index contributed by atoms with van der Waals surface area (Å²) in [7, 11) is 0. The van der Waals surface area contributed by atoms with Crippen LogP contribution in [0.15, 0.2) is 48.5 Å². The first-order valence-corrected chi connectivity index (χ1v) is 9.49. The van der Waals surface area contributed by atoms with Crippen molar-refractivity contribution in [3.63, 3.8) is 0 Å². The molecule has 0 bridgehead atoms. The van der Waals surface area contributed by atoms with Crippen molar-refractivity contribution in [2.45, 2.75) is 13.3 Å². The van der Waals surface area contributed by atoms with E-state index in [0.717, 1.165) is 11.3 Å². The van der Waals surface area contributed by atoms with Crippen LogP contribution in [0.25, 0.3) is 0 Å². The Morgan fingerprint density at radius 2 is 1.52 bits per heavy atom. The number of hydrogen-bond acceptors (Lipinski definition) is 3. The first kappa shape index (κ1) is 19.2. The number of benzene rings is 2. The minimum Gasteiger partial charge on any atom is -0.494 e. The highest BCUT2D eigenvalue weighted by molar-refractivity contribution is 6.30. The average molecular weight is 387 g/mol. The van der Waals surface area contributed by atoms with E-state index >= 15 is 0 Å². The maximum absolute atomic E-state index is 12.5. The molecule has 1 aliphatic heterocycles. The number of halogens is 1. The van der Waals surface area contributed by atoms with E-state index in [0.29, 0.717) is 49.8 Å².